The number of hydrogen-bond acceptors (Lipinski definition) is 6. The van der Waals surface area contributed by atoms with Crippen LogP contribution in [0.3, 0.4) is 0 Å². The third-order valence-electron chi connectivity index (χ3n) is 2.71. The number of nitrogens with one attached hydrogen (secondary N) is 2. The molecule has 0 aliphatic heterocycles. The van der Waals surface area contributed by atoms with Crippen LogP contribution in [0.25, 0.3) is 0 Å². The van der Waals surface area contributed by atoms with Gasteiger partial charge in [-0.15, -0.1) is 11.3 Å². The SMILES string of the molecule is N#Cc1csc(CNc2ccc(Sc3ncn[nH]3)cc2)c1. The summed E-state index contributed by atoms with van der Waals surface area (Å²) in [5, 5.41) is 21.4. The number of benzene rings is 1. The minimum atomic E-state index is 0.718. The first kappa shape index (κ1) is 13.7. The zero-order valence-electron chi connectivity index (χ0n) is 10.9. The molecule has 2 heterocycles. The molecule has 2 aromatic heterocycles. The Morgan fingerprint density at radius 2 is 2.19 bits per heavy atom. The van der Waals surface area contributed by atoms with E-state index in [1.54, 1.807) is 11.3 Å². The molecule has 1 aromatic carbocycles. The number of thiophene rings is 1. The van der Waals surface area contributed by atoms with Crippen molar-refractivity contribution in [1.82, 2.24) is 15.2 Å². The molecule has 0 aliphatic carbocycles. The Bertz CT molecular complexity index is 741. The second kappa shape index (κ2) is 6.43. The van der Waals surface area contributed by atoms with E-state index in [-0.39, 0.29) is 0 Å². The Hall–Kier alpha value is -2.30. The molecule has 0 radical (unpaired) electrons. The summed E-state index contributed by atoms with van der Waals surface area (Å²) in [5.41, 5.74) is 1.76. The first-order valence-corrected chi connectivity index (χ1v) is 7.88. The van der Waals surface area contributed by atoms with Crippen LogP contribution in [-0.2, 0) is 6.54 Å². The van der Waals surface area contributed by atoms with Crippen LogP contribution in [0.5, 0.6) is 0 Å². The molecule has 21 heavy (non-hydrogen) atoms. The zero-order valence-corrected chi connectivity index (χ0v) is 12.5. The number of anilines is 1. The first-order valence-electron chi connectivity index (χ1n) is 6.18. The van der Waals surface area contributed by atoms with E-state index in [4.69, 9.17) is 5.26 Å². The van der Waals surface area contributed by atoms with E-state index >= 15 is 0 Å². The van der Waals surface area contributed by atoms with Crippen molar-refractivity contribution in [3.63, 3.8) is 0 Å². The summed E-state index contributed by atoms with van der Waals surface area (Å²) in [6, 6.07) is 12.2. The molecular formula is C14H11N5S2. The molecule has 0 atom stereocenters. The molecule has 0 amide bonds. The van der Waals surface area contributed by atoms with Gasteiger partial charge in [0.25, 0.3) is 0 Å². The lowest BCUT2D eigenvalue weighted by molar-refractivity contribution is 0.973. The summed E-state index contributed by atoms with van der Waals surface area (Å²) < 4.78 is 0. The number of hydrogen-bond donors (Lipinski definition) is 2. The highest BCUT2D eigenvalue weighted by Crippen LogP contribution is 2.25. The molecule has 104 valence electrons. The molecule has 0 saturated carbocycles. The third-order valence-corrected chi connectivity index (χ3v) is 4.55. The fourth-order valence-corrected chi connectivity index (χ4v) is 3.16. The van der Waals surface area contributed by atoms with Crippen LogP contribution in [0.1, 0.15) is 10.4 Å². The maximum absolute atomic E-state index is 8.79. The lowest BCUT2D eigenvalue weighted by Crippen LogP contribution is -1.96. The lowest BCUT2D eigenvalue weighted by Gasteiger charge is -2.05. The predicted octanol–water partition coefficient (Wildman–Crippen LogP) is 3.50. The molecule has 0 saturated heterocycles. The Kier molecular flexibility index (Phi) is 4.19. The summed E-state index contributed by atoms with van der Waals surface area (Å²) in [7, 11) is 0. The van der Waals surface area contributed by atoms with Crippen molar-refractivity contribution < 1.29 is 0 Å². The topological polar surface area (TPSA) is 77.4 Å². The second-order valence-corrected chi connectivity index (χ2v) is 6.24. The van der Waals surface area contributed by atoms with Crippen molar-refractivity contribution >= 4 is 28.8 Å². The van der Waals surface area contributed by atoms with Crippen LogP contribution in [0, 0.1) is 11.3 Å². The molecule has 5 nitrogen and oxygen atoms in total. The predicted molar refractivity (Wildman–Crippen MR) is 83.3 cm³/mol. The minimum Gasteiger partial charge on any atom is -0.380 e. The van der Waals surface area contributed by atoms with Gasteiger partial charge in [-0.25, -0.2) is 4.98 Å². The van der Waals surface area contributed by atoms with Gasteiger partial charge in [0.1, 0.15) is 12.4 Å². The number of nitriles is 1. The zero-order chi connectivity index (χ0) is 14.5. The van der Waals surface area contributed by atoms with Gasteiger partial charge in [0.05, 0.1) is 5.56 Å². The number of rotatable bonds is 5. The maximum Gasteiger partial charge on any atom is 0.188 e. The van der Waals surface area contributed by atoms with Gasteiger partial charge < -0.3 is 5.32 Å². The standard InChI is InChI=1S/C14H11N5S2/c15-6-10-5-13(20-8-10)7-16-11-1-3-12(4-2-11)21-14-17-9-18-19-14/h1-5,8-9,16H,7H2,(H,17,18,19). The van der Waals surface area contributed by atoms with E-state index < -0.39 is 0 Å². The van der Waals surface area contributed by atoms with Crippen molar-refractivity contribution in [2.75, 3.05) is 5.32 Å². The van der Waals surface area contributed by atoms with Crippen molar-refractivity contribution in [3.8, 4) is 6.07 Å². The summed E-state index contributed by atoms with van der Waals surface area (Å²) >= 11 is 3.12. The van der Waals surface area contributed by atoms with Gasteiger partial charge in [-0.1, -0.05) is 11.8 Å². The summed E-state index contributed by atoms with van der Waals surface area (Å²) in [6.07, 6.45) is 1.49. The molecule has 0 unspecified atom stereocenters. The summed E-state index contributed by atoms with van der Waals surface area (Å²) in [5.74, 6) is 0. The van der Waals surface area contributed by atoms with Gasteiger partial charge in [0.15, 0.2) is 5.16 Å². The van der Waals surface area contributed by atoms with Crippen LogP contribution >= 0.6 is 23.1 Å². The Balaban J connectivity index is 1.58. The van der Waals surface area contributed by atoms with Crippen molar-refractivity contribution in [2.45, 2.75) is 16.6 Å². The van der Waals surface area contributed by atoms with E-state index in [1.165, 1.54) is 18.1 Å². The number of aromatic nitrogens is 3. The Morgan fingerprint density at radius 3 is 2.86 bits per heavy atom. The van der Waals surface area contributed by atoms with E-state index in [9.17, 15) is 0 Å². The van der Waals surface area contributed by atoms with Crippen LogP contribution in [0.15, 0.2) is 52.1 Å². The van der Waals surface area contributed by atoms with Crippen LogP contribution in [0.2, 0.25) is 0 Å². The summed E-state index contributed by atoms with van der Waals surface area (Å²) in [4.78, 5) is 6.32. The van der Waals surface area contributed by atoms with E-state index in [0.29, 0.717) is 0 Å². The normalized spacial score (nSPS) is 10.2. The van der Waals surface area contributed by atoms with Gasteiger partial charge in [-0.3, -0.25) is 5.10 Å². The van der Waals surface area contributed by atoms with Gasteiger partial charge in [0, 0.05) is 27.4 Å². The van der Waals surface area contributed by atoms with Crippen LogP contribution < -0.4 is 5.32 Å². The van der Waals surface area contributed by atoms with Gasteiger partial charge >= 0.3 is 0 Å². The van der Waals surface area contributed by atoms with Gasteiger partial charge in [-0.05, 0) is 30.3 Å². The van der Waals surface area contributed by atoms with E-state index in [1.807, 2.05) is 35.7 Å². The third kappa shape index (κ3) is 3.62. The van der Waals surface area contributed by atoms with Crippen molar-refractivity contribution in [3.05, 3.63) is 52.5 Å². The quantitative estimate of drug-likeness (QED) is 0.754. The molecule has 0 aliphatic rings. The fourth-order valence-electron chi connectivity index (χ4n) is 1.72. The molecule has 7 heteroatoms. The molecule has 3 aromatic rings. The molecule has 0 fully saturated rings. The van der Waals surface area contributed by atoms with Crippen LogP contribution in [-0.4, -0.2) is 15.2 Å². The van der Waals surface area contributed by atoms with Crippen molar-refractivity contribution in [2.24, 2.45) is 0 Å². The smallest absolute Gasteiger partial charge is 0.188 e. The molecule has 3 rings (SSSR count). The molecule has 0 bridgehead atoms. The number of aromatic amines is 1. The molecular weight excluding hydrogens is 302 g/mol. The average Bonchev–Trinajstić information content (AvgIpc) is 3.18. The van der Waals surface area contributed by atoms with Crippen molar-refractivity contribution in [1.29, 1.82) is 5.26 Å². The van der Waals surface area contributed by atoms with E-state index in [2.05, 4.69) is 26.6 Å². The maximum atomic E-state index is 8.79. The number of nitrogens with zero attached hydrogens (tertiary/aromatic N) is 3. The minimum absolute atomic E-state index is 0.718. The Labute approximate surface area is 130 Å². The lowest BCUT2D eigenvalue weighted by atomic mass is 10.3. The average molecular weight is 313 g/mol. The largest absolute Gasteiger partial charge is 0.380 e. The first-order chi connectivity index (χ1) is 10.3. The Morgan fingerprint density at radius 1 is 1.33 bits per heavy atom. The number of H-pyrrole nitrogens is 1. The fraction of sp³-hybridized carbons (Fsp3) is 0.0714. The van der Waals surface area contributed by atoms with E-state index in [0.717, 1.165) is 32.7 Å². The highest BCUT2D eigenvalue weighted by molar-refractivity contribution is 7.99. The molecule has 2 N–H and O–H groups in total. The highest BCUT2D eigenvalue weighted by Gasteiger charge is 2.01. The monoisotopic (exact) mass is 313 g/mol. The van der Waals surface area contributed by atoms with Crippen LogP contribution in [0.4, 0.5) is 5.69 Å². The molecule has 0 spiro atoms. The second-order valence-electron chi connectivity index (χ2n) is 4.18. The van der Waals surface area contributed by atoms with Gasteiger partial charge in [0.2, 0.25) is 0 Å². The van der Waals surface area contributed by atoms with Gasteiger partial charge in [-0.2, -0.15) is 10.4 Å². The summed E-state index contributed by atoms with van der Waals surface area (Å²) in [6.45, 7) is 0.723. The highest BCUT2D eigenvalue weighted by atomic mass is 32.2.